The first-order valence-electron chi connectivity index (χ1n) is 10.4. The van der Waals surface area contributed by atoms with Gasteiger partial charge in [0.25, 0.3) is 0 Å². The fourth-order valence-corrected chi connectivity index (χ4v) is 6.37. The molecule has 0 bridgehead atoms. The first-order valence-corrected chi connectivity index (χ1v) is 12.1. The predicted molar refractivity (Wildman–Crippen MR) is 131 cm³/mol. The van der Waals surface area contributed by atoms with Gasteiger partial charge in [-0.3, -0.25) is 0 Å². The number of anilines is 1. The standard InChI is InChI=1S/C23H24BrN5O2S/c1-12-15-6-8-29(21(15)27-11-26-12)22-18(30)19(31)23(2,32-22)7-5-13-3-4-14-10-16(24)20(25)28-17(14)9-13/h3-4,6,8-11,18-19,22,30-31H,5,7H2,1-2H3,(H2,25,28)/t18-,19+,22-,23-/m1/s1. The van der Waals surface area contributed by atoms with Gasteiger partial charge in [0.15, 0.2) is 0 Å². The number of nitrogen functional groups attached to an aromatic ring is 1. The number of hydrogen-bond acceptors (Lipinski definition) is 7. The van der Waals surface area contributed by atoms with E-state index in [-0.39, 0.29) is 5.37 Å². The lowest BCUT2D eigenvalue weighted by molar-refractivity contribution is 0.000371. The fraction of sp³-hybridized carbons (Fsp3) is 0.348. The van der Waals surface area contributed by atoms with Gasteiger partial charge in [0.05, 0.1) is 21.8 Å². The van der Waals surface area contributed by atoms with Crippen LogP contribution in [0, 0.1) is 6.92 Å². The van der Waals surface area contributed by atoms with E-state index in [1.807, 2.05) is 48.9 Å². The third-order valence-electron chi connectivity index (χ3n) is 6.39. The first-order chi connectivity index (χ1) is 15.3. The van der Waals surface area contributed by atoms with Crippen LogP contribution in [0.25, 0.3) is 21.9 Å². The Kier molecular flexibility index (Phi) is 5.40. The van der Waals surface area contributed by atoms with Crippen LogP contribution in [0.5, 0.6) is 0 Å². The van der Waals surface area contributed by atoms with Gasteiger partial charge in [-0.15, -0.1) is 11.8 Å². The smallest absolute Gasteiger partial charge is 0.144 e. The molecule has 3 aromatic heterocycles. The minimum atomic E-state index is -0.897. The summed E-state index contributed by atoms with van der Waals surface area (Å²) in [6.07, 6.45) is 3.16. The zero-order valence-electron chi connectivity index (χ0n) is 17.7. The van der Waals surface area contributed by atoms with Gasteiger partial charge in [-0.05, 0) is 66.4 Å². The zero-order chi connectivity index (χ0) is 22.6. The molecule has 0 aliphatic carbocycles. The molecule has 1 saturated heterocycles. The number of rotatable bonds is 4. The van der Waals surface area contributed by atoms with Crippen molar-refractivity contribution in [3.63, 3.8) is 0 Å². The number of aromatic nitrogens is 4. The van der Waals surface area contributed by atoms with Crippen LogP contribution in [-0.2, 0) is 6.42 Å². The van der Waals surface area contributed by atoms with Crippen molar-refractivity contribution in [2.24, 2.45) is 0 Å². The first kappa shape index (κ1) is 21.6. The van der Waals surface area contributed by atoms with Crippen LogP contribution < -0.4 is 5.73 Å². The van der Waals surface area contributed by atoms with Crippen molar-refractivity contribution in [2.75, 3.05) is 5.73 Å². The van der Waals surface area contributed by atoms with E-state index >= 15 is 0 Å². The summed E-state index contributed by atoms with van der Waals surface area (Å²) in [4.78, 5) is 13.1. The Morgan fingerprint density at radius 2 is 2.03 bits per heavy atom. The molecule has 7 nitrogen and oxygen atoms in total. The van der Waals surface area contributed by atoms with Crippen molar-refractivity contribution in [3.05, 3.63) is 58.6 Å². The minimum Gasteiger partial charge on any atom is -0.389 e. The van der Waals surface area contributed by atoms with Gasteiger partial charge in [0.2, 0.25) is 0 Å². The monoisotopic (exact) mass is 513 g/mol. The van der Waals surface area contributed by atoms with E-state index in [1.54, 1.807) is 11.8 Å². The van der Waals surface area contributed by atoms with E-state index in [9.17, 15) is 10.2 Å². The third-order valence-corrected chi connectivity index (χ3v) is 8.75. The number of aryl methyl sites for hydroxylation is 2. The highest BCUT2D eigenvalue weighted by atomic mass is 79.9. The largest absolute Gasteiger partial charge is 0.389 e. The maximum atomic E-state index is 11.0. The second-order valence-corrected chi connectivity index (χ2v) is 11.1. The van der Waals surface area contributed by atoms with Crippen LogP contribution in [0.4, 0.5) is 5.82 Å². The molecule has 4 aromatic rings. The Balaban J connectivity index is 1.38. The van der Waals surface area contributed by atoms with Crippen molar-refractivity contribution in [1.29, 1.82) is 0 Å². The summed E-state index contributed by atoms with van der Waals surface area (Å²) in [5.74, 6) is 0.465. The molecule has 0 radical (unpaired) electrons. The number of pyridine rings is 1. The molecular weight excluding hydrogens is 490 g/mol. The number of benzene rings is 1. The Morgan fingerprint density at radius 3 is 2.84 bits per heavy atom. The summed E-state index contributed by atoms with van der Waals surface area (Å²) in [7, 11) is 0. The number of aliphatic hydroxyl groups is 2. The van der Waals surface area contributed by atoms with E-state index in [1.165, 1.54) is 6.33 Å². The van der Waals surface area contributed by atoms with E-state index in [2.05, 4.69) is 36.9 Å². The average molecular weight is 514 g/mol. The van der Waals surface area contributed by atoms with Gasteiger partial charge in [-0.2, -0.15) is 0 Å². The number of fused-ring (bicyclic) bond motifs is 2. The third kappa shape index (κ3) is 3.57. The number of nitrogens with two attached hydrogens (primary N) is 1. The van der Waals surface area contributed by atoms with Crippen LogP contribution in [-0.4, -0.2) is 46.7 Å². The Hall–Kier alpha value is -2.20. The summed E-state index contributed by atoms with van der Waals surface area (Å²) in [5, 5.41) is 23.6. The van der Waals surface area contributed by atoms with Gasteiger partial charge in [-0.1, -0.05) is 12.1 Å². The molecule has 32 heavy (non-hydrogen) atoms. The van der Waals surface area contributed by atoms with Gasteiger partial charge < -0.3 is 20.5 Å². The molecular formula is C23H24BrN5O2S. The van der Waals surface area contributed by atoms with Crippen molar-refractivity contribution >= 4 is 55.4 Å². The summed E-state index contributed by atoms with van der Waals surface area (Å²) in [6.45, 7) is 3.96. The molecule has 166 valence electrons. The lowest BCUT2D eigenvalue weighted by Crippen LogP contribution is -2.39. The minimum absolute atomic E-state index is 0.322. The van der Waals surface area contributed by atoms with Crippen molar-refractivity contribution in [2.45, 2.75) is 49.0 Å². The maximum absolute atomic E-state index is 11.0. The Bertz CT molecular complexity index is 1330. The normalized spacial score (nSPS) is 25.7. The van der Waals surface area contributed by atoms with Crippen LogP contribution >= 0.6 is 27.7 Å². The molecule has 4 heterocycles. The van der Waals surface area contributed by atoms with Crippen LogP contribution in [0.3, 0.4) is 0 Å². The summed E-state index contributed by atoms with van der Waals surface area (Å²) in [6, 6.07) is 10.1. The number of hydrogen-bond donors (Lipinski definition) is 3. The van der Waals surface area contributed by atoms with Gasteiger partial charge >= 0.3 is 0 Å². The highest BCUT2D eigenvalue weighted by molar-refractivity contribution is 9.10. The number of aliphatic hydroxyl groups excluding tert-OH is 2. The molecule has 1 fully saturated rings. The molecule has 4 N–H and O–H groups in total. The Morgan fingerprint density at radius 1 is 1.22 bits per heavy atom. The second kappa shape index (κ2) is 7.98. The van der Waals surface area contributed by atoms with Gasteiger partial charge in [-0.25, -0.2) is 15.0 Å². The fourth-order valence-electron chi connectivity index (χ4n) is 4.41. The van der Waals surface area contributed by atoms with E-state index < -0.39 is 17.0 Å². The van der Waals surface area contributed by atoms with E-state index in [4.69, 9.17) is 5.73 Å². The molecule has 0 spiro atoms. The summed E-state index contributed by atoms with van der Waals surface area (Å²) >= 11 is 5.01. The van der Waals surface area contributed by atoms with Crippen molar-refractivity contribution in [1.82, 2.24) is 19.5 Å². The summed E-state index contributed by atoms with van der Waals surface area (Å²) in [5.41, 5.74) is 9.58. The zero-order valence-corrected chi connectivity index (χ0v) is 20.1. The van der Waals surface area contributed by atoms with Crippen LogP contribution in [0.2, 0.25) is 0 Å². The average Bonchev–Trinajstić information content (AvgIpc) is 3.29. The molecule has 0 saturated carbocycles. The lowest BCUT2D eigenvalue weighted by atomic mass is 9.92. The molecule has 9 heteroatoms. The summed E-state index contributed by atoms with van der Waals surface area (Å²) < 4.78 is 2.23. The predicted octanol–water partition coefficient (Wildman–Crippen LogP) is 3.99. The highest BCUT2D eigenvalue weighted by Gasteiger charge is 2.51. The second-order valence-electron chi connectivity index (χ2n) is 8.56. The number of halogens is 1. The number of nitrogens with zero attached hydrogens (tertiary/aromatic N) is 4. The van der Waals surface area contributed by atoms with Crippen LogP contribution in [0.1, 0.15) is 30.0 Å². The molecule has 1 aliphatic heterocycles. The van der Waals surface area contributed by atoms with Gasteiger partial charge in [0, 0.05) is 21.7 Å². The number of thioether (sulfide) groups is 1. The molecule has 0 amide bonds. The van der Waals surface area contributed by atoms with Crippen molar-refractivity contribution in [3.8, 4) is 0 Å². The molecule has 1 aliphatic rings. The quantitative estimate of drug-likeness (QED) is 0.378. The van der Waals surface area contributed by atoms with Crippen molar-refractivity contribution < 1.29 is 10.2 Å². The SMILES string of the molecule is Cc1ncnc2c1ccn2[C@@H]1S[C@](C)(CCc2ccc3cc(Br)c(N)nc3c2)[C@@H](O)[C@H]1O. The molecule has 1 aromatic carbocycles. The van der Waals surface area contributed by atoms with Gasteiger partial charge in [0.1, 0.15) is 29.3 Å². The van der Waals surface area contributed by atoms with E-state index in [0.29, 0.717) is 12.2 Å². The van der Waals surface area contributed by atoms with Crippen LogP contribution in [0.15, 0.2) is 47.3 Å². The van der Waals surface area contributed by atoms with E-state index in [0.717, 1.165) is 44.1 Å². The lowest BCUT2D eigenvalue weighted by Gasteiger charge is -2.27. The Labute approximate surface area is 198 Å². The molecule has 0 unspecified atom stereocenters. The maximum Gasteiger partial charge on any atom is 0.144 e. The topological polar surface area (TPSA) is 110 Å². The molecule has 5 rings (SSSR count). The highest BCUT2D eigenvalue weighted by Crippen LogP contribution is 2.52. The molecule has 4 atom stereocenters.